The molecule has 1 heterocycles. The quantitative estimate of drug-likeness (QED) is 0.406. The number of rotatable bonds is 5. The van der Waals surface area contributed by atoms with Gasteiger partial charge in [0.1, 0.15) is 0 Å². The number of hydrogen-bond acceptors (Lipinski definition) is 5. The highest BCUT2D eigenvalue weighted by molar-refractivity contribution is 7.89. The number of para-hydroxylation sites is 1. The lowest BCUT2D eigenvalue weighted by Crippen LogP contribution is -2.50. The Bertz CT molecular complexity index is 1110. The number of sulfonamides is 1. The van der Waals surface area contributed by atoms with Crippen molar-refractivity contribution >= 4 is 27.7 Å². The minimum atomic E-state index is -4.03. The van der Waals surface area contributed by atoms with Gasteiger partial charge in [-0.1, -0.05) is 12.1 Å². The fourth-order valence-electron chi connectivity index (χ4n) is 3.00. The first-order chi connectivity index (χ1) is 14.2. The van der Waals surface area contributed by atoms with E-state index in [9.17, 15) is 32.1 Å². The minimum Gasteiger partial charge on any atom is -0.337 e. The maximum Gasteiger partial charge on any atom is 0.276 e. The van der Waals surface area contributed by atoms with E-state index in [-0.39, 0.29) is 42.3 Å². The molecule has 1 aliphatic rings. The van der Waals surface area contributed by atoms with Crippen LogP contribution in [0.3, 0.4) is 0 Å². The van der Waals surface area contributed by atoms with Gasteiger partial charge in [0.15, 0.2) is 11.6 Å². The molecule has 0 saturated carbocycles. The molecule has 0 N–H and O–H groups in total. The Balaban J connectivity index is 1.66. The summed E-state index contributed by atoms with van der Waals surface area (Å²) >= 11 is 0. The molecular formula is C19H17F2N3O5S. The molecule has 2 aromatic rings. The third kappa shape index (κ3) is 4.52. The summed E-state index contributed by atoms with van der Waals surface area (Å²) in [6, 6.07) is 8.32. The molecule has 0 unspecified atom stereocenters. The van der Waals surface area contributed by atoms with Crippen LogP contribution in [0.2, 0.25) is 0 Å². The molecule has 158 valence electrons. The molecule has 0 aliphatic carbocycles. The third-order valence-corrected chi connectivity index (χ3v) is 6.51. The van der Waals surface area contributed by atoms with Crippen LogP contribution in [-0.4, -0.2) is 54.6 Å². The first-order valence-electron chi connectivity index (χ1n) is 8.86. The molecule has 0 radical (unpaired) electrons. The average Bonchev–Trinajstić information content (AvgIpc) is 2.74. The zero-order valence-corrected chi connectivity index (χ0v) is 16.4. The molecule has 1 fully saturated rings. The summed E-state index contributed by atoms with van der Waals surface area (Å²) in [5.74, 6) is -2.82. The smallest absolute Gasteiger partial charge is 0.276 e. The van der Waals surface area contributed by atoms with E-state index in [1.54, 1.807) is 6.07 Å². The van der Waals surface area contributed by atoms with E-state index in [1.807, 2.05) is 0 Å². The molecule has 2 aromatic carbocycles. The van der Waals surface area contributed by atoms with Crippen LogP contribution in [0.15, 0.2) is 53.4 Å². The van der Waals surface area contributed by atoms with Crippen molar-refractivity contribution in [2.45, 2.75) is 4.90 Å². The molecule has 1 amide bonds. The highest BCUT2D eigenvalue weighted by Gasteiger charge is 2.30. The average molecular weight is 437 g/mol. The molecule has 1 aliphatic heterocycles. The minimum absolute atomic E-state index is 0.0214. The van der Waals surface area contributed by atoms with E-state index in [0.717, 1.165) is 16.4 Å². The van der Waals surface area contributed by atoms with Crippen LogP contribution < -0.4 is 0 Å². The molecule has 8 nitrogen and oxygen atoms in total. The largest absolute Gasteiger partial charge is 0.337 e. The Morgan fingerprint density at radius 2 is 1.70 bits per heavy atom. The first kappa shape index (κ1) is 21.5. The second-order valence-corrected chi connectivity index (χ2v) is 8.39. The lowest BCUT2D eigenvalue weighted by atomic mass is 10.1. The van der Waals surface area contributed by atoms with Gasteiger partial charge in [-0.2, -0.15) is 4.31 Å². The monoisotopic (exact) mass is 437 g/mol. The fraction of sp³-hybridized carbons (Fsp3) is 0.211. The normalized spacial score (nSPS) is 15.5. The summed E-state index contributed by atoms with van der Waals surface area (Å²) in [7, 11) is -4.03. The Morgan fingerprint density at radius 3 is 2.33 bits per heavy atom. The number of carbonyl (C=O) groups excluding carboxylic acids is 1. The molecule has 0 spiro atoms. The van der Waals surface area contributed by atoms with E-state index >= 15 is 0 Å². The molecule has 11 heteroatoms. The number of carbonyl (C=O) groups is 1. The molecule has 3 rings (SSSR count). The zero-order chi connectivity index (χ0) is 21.9. The zero-order valence-electron chi connectivity index (χ0n) is 15.6. The predicted molar refractivity (Wildman–Crippen MR) is 104 cm³/mol. The lowest BCUT2D eigenvalue weighted by molar-refractivity contribution is -0.385. The molecule has 1 saturated heterocycles. The SMILES string of the molecule is O=C(/C=C/c1ccccc1[N+](=O)[O-])N1CCN(S(=O)(=O)c2ccc(F)c(F)c2)CC1. The highest BCUT2D eigenvalue weighted by Crippen LogP contribution is 2.21. The van der Waals surface area contributed by atoms with Crippen LogP contribution in [0, 0.1) is 21.7 Å². The molecule has 30 heavy (non-hydrogen) atoms. The number of hydrogen-bond donors (Lipinski definition) is 0. The van der Waals surface area contributed by atoms with Crippen LogP contribution in [0.5, 0.6) is 0 Å². The lowest BCUT2D eigenvalue weighted by Gasteiger charge is -2.33. The first-order valence-corrected chi connectivity index (χ1v) is 10.3. The van der Waals surface area contributed by atoms with Gasteiger partial charge in [-0.25, -0.2) is 17.2 Å². The van der Waals surface area contributed by atoms with Crippen LogP contribution >= 0.6 is 0 Å². The van der Waals surface area contributed by atoms with E-state index < -0.39 is 32.5 Å². The van der Waals surface area contributed by atoms with E-state index in [0.29, 0.717) is 6.07 Å². The van der Waals surface area contributed by atoms with Crippen molar-refractivity contribution in [2.75, 3.05) is 26.2 Å². The Labute approximate surface area is 171 Å². The number of nitro groups is 1. The van der Waals surface area contributed by atoms with E-state index in [4.69, 9.17) is 0 Å². The third-order valence-electron chi connectivity index (χ3n) is 4.62. The summed E-state index contributed by atoms with van der Waals surface area (Å²) in [5.41, 5.74) is 0.138. The maximum atomic E-state index is 13.4. The second-order valence-electron chi connectivity index (χ2n) is 6.45. The fourth-order valence-corrected chi connectivity index (χ4v) is 4.43. The Kier molecular flexibility index (Phi) is 6.22. The number of amides is 1. The van der Waals surface area contributed by atoms with Gasteiger partial charge in [-0.05, 0) is 30.3 Å². The van der Waals surface area contributed by atoms with Crippen molar-refractivity contribution in [3.8, 4) is 0 Å². The van der Waals surface area contributed by atoms with Gasteiger partial charge in [0.2, 0.25) is 15.9 Å². The number of nitro benzene ring substituents is 1. The van der Waals surface area contributed by atoms with Crippen molar-refractivity contribution in [1.29, 1.82) is 0 Å². The van der Waals surface area contributed by atoms with Gasteiger partial charge >= 0.3 is 0 Å². The van der Waals surface area contributed by atoms with Crippen molar-refractivity contribution in [1.82, 2.24) is 9.21 Å². The van der Waals surface area contributed by atoms with Crippen molar-refractivity contribution < 1.29 is 26.9 Å². The number of halogens is 2. The molecule has 0 atom stereocenters. The van der Waals surface area contributed by atoms with Crippen molar-refractivity contribution in [3.05, 3.63) is 75.9 Å². The summed E-state index contributed by atoms with van der Waals surface area (Å²) in [6.07, 6.45) is 2.53. The van der Waals surface area contributed by atoms with Crippen LogP contribution in [-0.2, 0) is 14.8 Å². The summed E-state index contributed by atoms with van der Waals surface area (Å²) < 4.78 is 52.7. The Morgan fingerprint density at radius 1 is 1.03 bits per heavy atom. The van der Waals surface area contributed by atoms with E-state index in [1.165, 1.54) is 35.3 Å². The standard InChI is InChI=1S/C19H17F2N3O5S/c20-16-7-6-15(13-17(16)21)30(28,29)23-11-9-22(10-12-23)19(25)8-5-14-3-1-2-4-18(14)24(26)27/h1-8,13H,9-12H2/b8-5+. The van der Waals surface area contributed by atoms with Crippen molar-refractivity contribution in [2.24, 2.45) is 0 Å². The van der Waals surface area contributed by atoms with Crippen molar-refractivity contribution in [3.63, 3.8) is 0 Å². The molecular weight excluding hydrogens is 420 g/mol. The van der Waals surface area contributed by atoms with Gasteiger partial charge in [0.25, 0.3) is 5.69 Å². The maximum absolute atomic E-state index is 13.4. The van der Waals surface area contributed by atoms with Crippen LogP contribution in [0.1, 0.15) is 5.56 Å². The van der Waals surface area contributed by atoms with Gasteiger partial charge in [0, 0.05) is 38.3 Å². The number of piperazine rings is 1. The van der Waals surface area contributed by atoms with Gasteiger partial charge < -0.3 is 4.90 Å². The summed E-state index contributed by atoms with van der Waals surface area (Å²) in [6.45, 7) is 0.130. The Hall–Kier alpha value is -3.18. The predicted octanol–water partition coefficient (Wildman–Crippen LogP) is 2.42. The second kappa shape index (κ2) is 8.67. The highest BCUT2D eigenvalue weighted by atomic mass is 32.2. The van der Waals surface area contributed by atoms with Gasteiger partial charge in [-0.15, -0.1) is 0 Å². The van der Waals surface area contributed by atoms with E-state index in [2.05, 4.69) is 0 Å². The summed E-state index contributed by atoms with van der Waals surface area (Å²) in [5, 5.41) is 11.0. The summed E-state index contributed by atoms with van der Waals surface area (Å²) in [4.78, 5) is 23.9. The molecule has 0 bridgehead atoms. The topological polar surface area (TPSA) is 101 Å². The van der Waals surface area contributed by atoms with Crippen LogP contribution in [0.25, 0.3) is 6.08 Å². The number of benzene rings is 2. The molecule has 0 aromatic heterocycles. The number of nitrogens with zero attached hydrogens (tertiary/aromatic N) is 3. The van der Waals surface area contributed by atoms with Gasteiger partial charge in [0.05, 0.1) is 15.4 Å². The van der Waals surface area contributed by atoms with Gasteiger partial charge in [-0.3, -0.25) is 14.9 Å². The van der Waals surface area contributed by atoms with Crippen LogP contribution in [0.4, 0.5) is 14.5 Å².